The molecule has 1 heterocycles. The molecule has 19 heteroatoms. The van der Waals surface area contributed by atoms with Crippen molar-refractivity contribution in [2.24, 2.45) is 0 Å². The summed E-state index contributed by atoms with van der Waals surface area (Å²) in [6, 6.07) is 0. The van der Waals surface area contributed by atoms with Gasteiger partial charge in [-0.3, -0.25) is 0 Å². The Morgan fingerprint density at radius 1 is 0.414 bits per heavy atom. The highest BCUT2D eigenvalue weighted by Crippen LogP contribution is 2.68. The van der Waals surface area contributed by atoms with Gasteiger partial charge in [0.25, 0.3) is 0 Å². The summed E-state index contributed by atoms with van der Waals surface area (Å²) in [4.78, 5) is 0. The first-order valence-electron chi connectivity index (χ1n) is 6.25. The van der Waals surface area contributed by atoms with Gasteiger partial charge in [-0.2, -0.15) is 79.0 Å². The predicted octanol–water partition coefficient (Wildman–Crippen LogP) is 5.69. The molecule has 0 atom stereocenters. The molecule has 0 aliphatic carbocycles. The van der Waals surface area contributed by atoms with Gasteiger partial charge >= 0.3 is 47.9 Å². The van der Waals surface area contributed by atoms with Gasteiger partial charge in [-0.05, 0) is 0 Å². The van der Waals surface area contributed by atoms with Crippen molar-refractivity contribution >= 4 is 0 Å². The molecule has 0 saturated carbocycles. The van der Waals surface area contributed by atoms with Crippen molar-refractivity contribution in [2.45, 2.75) is 53.5 Å². The molecule has 0 bridgehead atoms. The van der Waals surface area contributed by atoms with Crippen LogP contribution in [0.2, 0.25) is 0 Å². The summed E-state index contributed by atoms with van der Waals surface area (Å²) in [5, 5.41) is 0. The summed E-state index contributed by atoms with van der Waals surface area (Å²) in [5.41, 5.74) is -6.27. The van der Waals surface area contributed by atoms with Crippen LogP contribution in [-0.2, 0) is 4.74 Å². The Balaban J connectivity index is 3.66. The van der Waals surface area contributed by atoms with E-state index >= 15 is 0 Å². The Hall–Kier alpha value is -1.30. The van der Waals surface area contributed by atoms with Crippen molar-refractivity contribution in [1.29, 1.82) is 0 Å². The van der Waals surface area contributed by atoms with Gasteiger partial charge in [-0.1, -0.05) is 0 Å². The van der Waals surface area contributed by atoms with Crippen LogP contribution in [0.4, 0.5) is 79.0 Å². The van der Waals surface area contributed by atoms with Crippen LogP contribution in [0, 0.1) is 0 Å². The summed E-state index contributed by atoms with van der Waals surface area (Å²) in [6.07, 6.45) is -15.2. The number of rotatable bonds is 6. The molecule has 1 rings (SSSR count). The number of halogens is 18. The molecule has 1 nitrogen and oxygen atoms in total. The number of epoxide rings is 1. The molecule has 1 fully saturated rings. The fraction of sp³-hybridized carbons (Fsp3) is 1.00. The summed E-state index contributed by atoms with van der Waals surface area (Å²) in [6.45, 7) is -3.00. The normalized spacial score (nSPS) is 20.1. The van der Waals surface area contributed by atoms with Crippen LogP contribution in [0.3, 0.4) is 0 Å². The van der Waals surface area contributed by atoms with Crippen LogP contribution in [0.5, 0.6) is 0 Å². The standard InChI is InChI=1S/C10H2F18O/c11-3(12,5(15,16)7(19,20)9(23,24)25)2(1-29-2)4(13,14)6(17,18)8(21,22)10(26,27)28/h1H2. The summed E-state index contributed by atoms with van der Waals surface area (Å²) >= 11 is 0. The fourth-order valence-corrected chi connectivity index (χ4v) is 1.89. The second-order valence-corrected chi connectivity index (χ2v) is 5.56. The van der Waals surface area contributed by atoms with E-state index in [1.165, 1.54) is 0 Å². The van der Waals surface area contributed by atoms with Gasteiger partial charge in [0.15, 0.2) is 0 Å². The third kappa shape index (κ3) is 2.84. The van der Waals surface area contributed by atoms with Crippen LogP contribution in [0.15, 0.2) is 0 Å². The van der Waals surface area contributed by atoms with E-state index in [9.17, 15) is 79.0 Å². The van der Waals surface area contributed by atoms with Crippen LogP contribution in [0.25, 0.3) is 0 Å². The fourth-order valence-electron chi connectivity index (χ4n) is 1.89. The lowest BCUT2D eigenvalue weighted by Gasteiger charge is -2.42. The van der Waals surface area contributed by atoms with Gasteiger partial charge in [-0.15, -0.1) is 0 Å². The van der Waals surface area contributed by atoms with Crippen molar-refractivity contribution in [2.75, 3.05) is 6.61 Å². The monoisotopic (exact) mass is 480 g/mol. The Kier molecular flexibility index (Phi) is 5.23. The molecule has 1 aliphatic rings. The van der Waals surface area contributed by atoms with Crippen molar-refractivity contribution in [3.05, 3.63) is 0 Å². The highest BCUT2D eigenvalue weighted by molar-refractivity contribution is 5.25. The van der Waals surface area contributed by atoms with E-state index < -0.39 is 60.1 Å². The minimum Gasteiger partial charge on any atom is -0.357 e. The van der Waals surface area contributed by atoms with Crippen molar-refractivity contribution in [3.63, 3.8) is 0 Å². The largest absolute Gasteiger partial charge is 0.460 e. The molecule has 1 aliphatic heterocycles. The number of ether oxygens (including phenoxy) is 1. The minimum absolute atomic E-state index is 2.75. The molecule has 1 saturated heterocycles. The average molecular weight is 480 g/mol. The molecule has 0 aromatic carbocycles. The van der Waals surface area contributed by atoms with E-state index in [0.717, 1.165) is 0 Å². The Morgan fingerprint density at radius 2 is 0.621 bits per heavy atom. The zero-order chi connectivity index (χ0) is 23.9. The first-order valence-corrected chi connectivity index (χ1v) is 6.25. The minimum atomic E-state index is -8.05. The molecule has 0 radical (unpaired) electrons. The molecule has 0 aromatic rings. The van der Waals surface area contributed by atoms with E-state index in [1.54, 1.807) is 0 Å². The van der Waals surface area contributed by atoms with Crippen molar-refractivity contribution in [1.82, 2.24) is 0 Å². The van der Waals surface area contributed by atoms with Gasteiger partial charge in [-0.25, -0.2) is 0 Å². The molecular formula is C10H2F18O. The highest BCUT2D eigenvalue weighted by atomic mass is 19.4. The second kappa shape index (κ2) is 5.89. The first kappa shape index (κ1) is 25.7. The third-order valence-corrected chi connectivity index (χ3v) is 3.74. The summed E-state index contributed by atoms with van der Waals surface area (Å²) in [5.74, 6) is -47.4. The van der Waals surface area contributed by atoms with Gasteiger partial charge in [0.1, 0.15) is 0 Å². The lowest BCUT2D eigenvalue weighted by Crippen LogP contribution is -2.74. The van der Waals surface area contributed by atoms with E-state index in [-0.39, 0.29) is 0 Å². The SMILES string of the molecule is FC(F)(F)C(F)(F)C(F)(F)C(F)(F)C1(C(F)(F)C(F)(F)C(F)(F)C(F)(F)F)CO1. The zero-order valence-corrected chi connectivity index (χ0v) is 12.4. The molecule has 0 aromatic heterocycles. The van der Waals surface area contributed by atoms with E-state index in [4.69, 9.17) is 0 Å². The quantitative estimate of drug-likeness (QED) is 0.352. The van der Waals surface area contributed by atoms with Crippen molar-refractivity contribution in [3.8, 4) is 0 Å². The van der Waals surface area contributed by atoms with E-state index in [2.05, 4.69) is 4.74 Å². The van der Waals surface area contributed by atoms with Crippen LogP contribution < -0.4 is 0 Å². The Morgan fingerprint density at radius 3 is 0.759 bits per heavy atom. The molecule has 0 amide bonds. The predicted molar refractivity (Wildman–Crippen MR) is 50.5 cm³/mol. The topological polar surface area (TPSA) is 12.5 Å². The average Bonchev–Trinajstić information content (AvgIpc) is 3.26. The maximum absolute atomic E-state index is 13.6. The number of hydrogen-bond donors (Lipinski definition) is 0. The summed E-state index contributed by atoms with van der Waals surface area (Å²) in [7, 11) is 0. The number of alkyl halides is 18. The summed E-state index contributed by atoms with van der Waals surface area (Å²) < 4.78 is 232. The van der Waals surface area contributed by atoms with Gasteiger partial charge in [0.2, 0.25) is 5.60 Å². The zero-order valence-electron chi connectivity index (χ0n) is 12.4. The second-order valence-electron chi connectivity index (χ2n) is 5.56. The highest BCUT2D eigenvalue weighted by Gasteiger charge is 2.98. The molecule has 0 N–H and O–H groups in total. The lowest BCUT2D eigenvalue weighted by atomic mass is 9.82. The van der Waals surface area contributed by atoms with Gasteiger partial charge in [0.05, 0.1) is 6.61 Å². The van der Waals surface area contributed by atoms with Crippen molar-refractivity contribution < 1.29 is 83.8 Å². The lowest BCUT2D eigenvalue weighted by molar-refractivity contribution is -0.438. The Bertz CT molecular complexity index is 582. The van der Waals surface area contributed by atoms with E-state index in [0.29, 0.717) is 0 Å². The molecular weight excluding hydrogens is 478 g/mol. The molecule has 29 heavy (non-hydrogen) atoms. The Labute approximate surface area is 145 Å². The number of hydrogen-bond acceptors (Lipinski definition) is 1. The van der Waals surface area contributed by atoms with E-state index in [1.807, 2.05) is 0 Å². The van der Waals surface area contributed by atoms with Crippen LogP contribution >= 0.6 is 0 Å². The first-order chi connectivity index (χ1) is 12.2. The van der Waals surface area contributed by atoms with Gasteiger partial charge < -0.3 is 4.74 Å². The molecule has 174 valence electrons. The maximum atomic E-state index is 13.6. The molecule has 0 spiro atoms. The van der Waals surface area contributed by atoms with Gasteiger partial charge in [0, 0.05) is 0 Å². The van der Waals surface area contributed by atoms with Crippen LogP contribution in [0.1, 0.15) is 0 Å². The van der Waals surface area contributed by atoms with Crippen LogP contribution in [-0.4, -0.2) is 60.1 Å². The smallest absolute Gasteiger partial charge is 0.357 e. The third-order valence-electron chi connectivity index (χ3n) is 3.74. The molecule has 0 unspecified atom stereocenters. The maximum Gasteiger partial charge on any atom is 0.460 e.